The molecule has 0 radical (unpaired) electrons. The molecule has 2 unspecified atom stereocenters. The Morgan fingerprint density at radius 3 is 2.44 bits per heavy atom. The number of anilines is 2. The molecule has 0 aliphatic rings. The maximum Gasteiger partial charge on any atom is 0.407 e. The van der Waals surface area contributed by atoms with Crippen LogP contribution in [0.25, 0.3) is 10.2 Å². The average Bonchev–Trinajstić information content (AvgIpc) is 3.41. The minimum Gasteiger partial charge on any atom is -0.445 e. The number of carbonyl (C=O) groups is 2. The zero-order valence-electron chi connectivity index (χ0n) is 27.8. The molecule has 5 N–H and O–H groups in total. The number of ether oxygens (including phenoxy) is 1. The van der Waals surface area contributed by atoms with Gasteiger partial charge < -0.3 is 31.1 Å². The Morgan fingerprint density at radius 1 is 1.04 bits per heavy atom. The maximum absolute atomic E-state index is 14.1. The number of rotatable bonds is 15. The largest absolute Gasteiger partial charge is 0.445 e. The quantitative estimate of drug-likeness (QED) is 0.133. The fraction of sp³-hybridized carbons (Fsp3) is 0.382. The number of nitrogens with zero attached hydrogens (tertiary/aromatic N) is 3. The van der Waals surface area contributed by atoms with E-state index in [1.165, 1.54) is 27.8 Å². The summed E-state index contributed by atoms with van der Waals surface area (Å²) < 4.78 is 35.5. The van der Waals surface area contributed by atoms with E-state index in [9.17, 15) is 23.1 Å². The predicted molar refractivity (Wildman–Crippen MR) is 189 cm³/mol. The molecule has 4 rings (SSSR count). The molecule has 2 atom stereocenters. The number of hydrogen-bond acceptors (Lipinski definition) is 10. The normalized spacial score (nSPS) is 13.2. The monoisotopic (exact) mass is 696 g/mol. The molecule has 12 nitrogen and oxygen atoms in total. The van der Waals surface area contributed by atoms with Crippen molar-refractivity contribution in [3.05, 3.63) is 83.4 Å². The fourth-order valence-corrected chi connectivity index (χ4v) is 7.74. The number of thiazole rings is 1. The van der Waals surface area contributed by atoms with Crippen LogP contribution in [0.1, 0.15) is 30.5 Å². The van der Waals surface area contributed by atoms with Crippen molar-refractivity contribution in [1.29, 1.82) is 0 Å². The molecule has 258 valence electrons. The minimum absolute atomic E-state index is 0.00105. The third-order valence-electron chi connectivity index (χ3n) is 7.45. The molecule has 0 saturated heterocycles. The molecule has 48 heavy (non-hydrogen) atoms. The molecule has 0 saturated carbocycles. The van der Waals surface area contributed by atoms with Crippen LogP contribution in [0.2, 0.25) is 0 Å². The molecule has 0 fully saturated rings. The van der Waals surface area contributed by atoms with Gasteiger partial charge >= 0.3 is 6.09 Å². The van der Waals surface area contributed by atoms with Crippen molar-refractivity contribution in [3.8, 4) is 0 Å². The Hall–Kier alpha value is -4.08. The number of nitrogen functional groups attached to an aromatic ring is 1. The van der Waals surface area contributed by atoms with Gasteiger partial charge in [0, 0.05) is 18.8 Å². The zero-order valence-corrected chi connectivity index (χ0v) is 29.5. The van der Waals surface area contributed by atoms with Crippen molar-refractivity contribution in [2.75, 3.05) is 44.8 Å². The highest BCUT2D eigenvalue weighted by Crippen LogP contribution is 2.30. The number of fused-ring (bicyclic) bond motifs is 1. The number of benzene rings is 3. The van der Waals surface area contributed by atoms with Gasteiger partial charge in [-0.15, -0.1) is 0 Å². The Labute approximate surface area is 286 Å². The molecule has 0 spiro atoms. The van der Waals surface area contributed by atoms with Crippen LogP contribution in [-0.4, -0.2) is 85.6 Å². The Balaban J connectivity index is 1.54. The zero-order chi connectivity index (χ0) is 35.0. The number of carbonyl (C=O) groups excluding carboxylic acids is 2. The second-order valence-electron chi connectivity index (χ2n) is 12.4. The van der Waals surface area contributed by atoms with E-state index in [-0.39, 0.29) is 49.4 Å². The summed E-state index contributed by atoms with van der Waals surface area (Å²) >= 11 is 1.18. The maximum atomic E-state index is 14.1. The highest BCUT2D eigenvalue weighted by molar-refractivity contribution is 7.89. The second-order valence-corrected chi connectivity index (χ2v) is 15.4. The van der Waals surface area contributed by atoms with Gasteiger partial charge in [0.2, 0.25) is 15.9 Å². The lowest BCUT2D eigenvalue weighted by Crippen LogP contribution is -2.51. The summed E-state index contributed by atoms with van der Waals surface area (Å²) in [5, 5.41) is 17.4. The summed E-state index contributed by atoms with van der Waals surface area (Å²) in [4.78, 5) is 31.4. The molecule has 0 aliphatic carbocycles. The first-order chi connectivity index (χ1) is 22.7. The average molecular weight is 697 g/mol. The van der Waals surface area contributed by atoms with E-state index >= 15 is 0 Å². The van der Waals surface area contributed by atoms with Gasteiger partial charge in [-0.05, 0) is 80.4 Å². The molecular formula is C34H44N6O6S2. The number of aromatic nitrogens is 1. The van der Waals surface area contributed by atoms with Crippen molar-refractivity contribution in [2.45, 2.75) is 50.8 Å². The lowest BCUT2D eigenvalue weighted by Gasteiger charge is -2.30. The molecular weight excluding hydrogens is 653 g/mol. The van der Waals surface area contributed by atoms with E-state index in [2.05, 4.69) is 15.6 Å². The number of hydrogen-bond donors (Lipinski definition) is 4. The first kappa shape index (κ1) is 36.8. The highest BCUT2D eigenvalue weighted by Gasteiger charge is 2.32. The topological polar surface area (TPSA) is 167 Å². The van der Waals surface area contributed by atoms with E-state index in [0.717, 1.165) is 16.7 Å². The van der Waals surface area contributed by atoms with Gasteiger partial charge in [0.25, 0.3) is 0 Å². The third-order valence-corrected chi connectivity index (χ3v) is 10.2. The summed E-state index contributed by atoms with van der Waals surface area (Å²) in [6, 6.07) is 18.3. The molecule has 0 aliphatic heterocycles. The van der Waals surface area contributed by atoms with Crippen molar-refractivity contribution >= 4 is 54.4 Å². The SMILES string of the molecule is Cc1cc(N)ccc1COC(=O)NC(Cc1ccccc1)C(O)CN(CC(C)C)S(=O)(=O)c1ccc2nc(NC(=O)CN(C)C)sc2c1. The molecule has 2 amide bonds. The molecule has 14 heteroatoms. The van der Waals surface area contributed by atoms with Gasteiger partial charge in [0.05, 0.1) is 33.8 Å². The van der Waals surface area contributed by atoms with Crippen LogP contribution in [0.15, 0.2) is 71.6 Å². The highest BCUT2D eigenvalue weighted by atomic mass is 32.2. The number of nitrogens with one attached hydrogen (secondary N) is 2. The van der Waals surface area contributed by atoms with Gasteiger partial charge in [0.15, 0.2) is 5.13 Å². The molecule has 0 bridgehead atoms. The van der Waals surface area contributed by atoms with E-state index in [0.29, 0.717) is 21.0 Å². The summed E-state index contributed by atoms with van der Waals surface area (Å²) in [6.45, 7) is 5.69. The van der Waals surface area contributed by atoms with Crippen LogP contribution in [0.3, 0.4) is 0 Å². The van der Waals surface area contributed by atoms with Gasteiger partial charge in [-0.3, -0.25) is 4.79 Å². The minimum atomic E-state index is -4.10. The molecule has 1 aromatic heterocycles. The first-order valence-corrected chi connectivity index (χ1v) is 17.8. The Morgan fingerprint density at radius 2 is 1.77 bits per heavy atom. The van der Waals surface area contributed by atoms with Crippen molar-refractivity contribution in [2.24, 2.45) is 5.92 Å². The van der Waals surface area contributed by atoms with E-state index < -0.39 is 28.3 Å². The van der Waals surface area contributed by atoms with Crippen LogP contribution >= 0.6 is 11.3 Å². The predicted octanol–water partition coefficient (Wildman–Crippen LogP) is 4.23. The van der Waals surface area contributed by atoms with Gasteiger partial charge in [-0.25, -0.2) is 18.2 Å². The summed E-state index contributed by atoms with van der Waals surface area (Å²) in [5.41, 5.74) is 9.50. The smallest absolute Gasteiger partial charge is 0.407 e. The third kappa shape index (κ3) is 10.2. The number of aliphatic hydroxyl groups is 1. The van der Waals surface area contributed by atoms with E-state index in [1.807, 2.05) is 51.1 Å². The van der Waals surface area contributed by atoms with Crippen LogP contribution in [0.5, 0.6) is 0 Å². The van der Waals surface area contributed by atoms with Crippen LogP contribution < -0.4 is 16.4 Å². The Bertz CT molecular complexity index is 1810. The first-order valence-electron chi connectivity index (χ1n) is 15.6. The van der Waals surface area contributed by atoms with Crippen molar-refractivity contribution in [3.63, 3.8) is 0 Å². The summed E-state index contributed by atoms with van der Waals surface area (Å²) in [5.74, 6) is -0.293. The number of alkyl carbamates (subject to hydrolysis) is 1. The van der Waals surface area contributed by atoms with Crippen molar-refractivity contribution in [1.82, 2.24) is 19.5 Å². The van der Waals surface area contributed by atoms with Crippen molar-refractivity contribution < 1.29 is 27.9 Å². The molecule has 3 aromatic carbocycles. The molecule has 1 heterocycles. The van der Waals surface area contributed by atoms with Crippen LogP contribution in [-0.2, 0) is 32.6 Å². The Kier molecular flexibility index (Phi) is 12.5. The fourth-order valence-electron chi connectivity index (χ4n) is 5.10. The van der Waals surface area contributed by atoms with Crippen LogP contribution in [0.4, 0.5) is 15.6 Å². The lowest BCUT2D eigenvalue weighted by atomic mass is 10.0. The number of aliphatic hydroxyl groups excluding tert-OH is 1. The lowest BCUT2D eigenvalue weighted by molar-refractivity contribution is -0.116. The van der Waals surface area contributed by atoms with Gasteiger partial charge in [-0.1, -0.05) is 61.6 Å². The number of nitrogens with two attached hydrogens (primary N) is 1. The van der Waals surface area contributed by atoms with Gasteiger partial charge in [-0.2, -0.15) is 4.31 Å². The molecule has 4 aromatic rings. The summed E-state index contributed by atoms with van der Waals surface area (Å²) in [6.07, 6.45) is -1.79. The van der Waals surface area contributed by atoms with E-state index in [4.69, 9.17) is 10.5 Å². The van der Waals surface area contributed by atoms with Crippen LogP contribution in [0, 0.1) is 12.8 Å². The number of amides is 2. The number of likely N-dealkylation sites (N-methyl/N-ethyl adjacent to an activating group) is 1. The number of sulfonamides is 1. The second kappa shape index (κ2) is 16.3. The standard InChI is InChI=1S/C34H44N6O6S2/c1-22(2)18-40(48(44,45)27-13-14-28-31(17-27)47-33(36-28)38-32(42)20-39(4)5)19-30(41)29(16-24-9-7-6-8-10-24)37-34(43)46-21-25-11-12-26(35)15-23(25)3/h6-15,17,22,29-30,41H,16,18-21,35H2,1-5H3,(H,37,43)(H,36,38,42). The number of aryl methyl sites for hydroxylation is 1. The van der Waals surface area contributed by atoms with Gasteiger partial charge in [0.1, 0.15) is 6.61 Å². The summed E-state index contributed by atoms with van der Waals surface area (Å²) in [7, 11) is -0.533. The van der Waals surface area contributed by atoms with E-state index in [1.54, 1.807) is 43.3 Å².